The molecule has 2 atom stereocenters. The number of nitrogens with zero attached hydrogens (tertiary/aromatic N) is 1. The second-order valence-corrected chi connectivity index (χ2v) is 5.42. The minimum Gasteiger partial charge on any atom is -0.479 e. The van der Waals surface area contributed by atoms with E-state index in [4.69, 9.17) is 4.74 Å². The van der Waals surface area contributed by atoms with E-state index in [1.54, 1.807) is 0 Å². The Bertz CT molecular complexity index is 473. The van der Waals surface area contributed by atoms with E-state index in [0.29, 0.717) is 26.1 Å². The number of hydrogen-bond acceptors (Lipinski definition) is 4. The lowest BCUT2D eigenvalue weighted by molar-refractivity contribution is -0.160. The average Bonchev–Trinajstić information content (AvgIpc) is 2.84. The van der Waals surface area contributed by atoms with E-state index in [0.717, 1.165) is 11.1 Å². The minimum atomic E-state index is -1.13. The zero-order chi connectivity index (χ0) is 14.8. The van der Waals surface area contributed by atoms with Crippen molar-refractivity contribution in [2.75, 3.05) is 26.7 Å². The third-order valence-corrected chi connectivity index (χ3v) is 3.98. The number of β-amino-alcohol motifs (C(OH)–C–C–N with tert-alkyl or cyclic N) is 1. The lowest BCUT2D eigenvalue weighted by atomic mass is 10.0. The van der Waals surface area contributed by atoms with Gasteiger partial charge in [0.1, 0.15) is 0 Å². The van der Waals surface area contributed by atoms with Crippen LogP contribution in [0.1, 0.15) is 23.7 Å². The molecule has 110 valence electrons. The van der Waals surface area contributed by atoms with Gasteiger partial charge < -0.3 is 14.9 Å². The monoisotopic (exact) mass is 279 g/mol. The van der Waals surface area contributed by atoms with E-state index in [9.17, 15) is 15.0 Å². The Labute approximate surface area is 118 Å². The Balaban J connectivity index is 1.98. The highest BCUT2D eigenvalue weighted by molar-refractivity contribution is 5.78. The van der Waals surface area contributed by atoms with Crippen molar-refractivity contribution in [3.05, 3.63) is 35.4 Å². The molecule has 0 amide bonds. The maximum atomic E-state index is 11.3. The van der Waals surface area contributed by atoms with Crippen LogP contribution in [0, 0.1) is 6.92 Å². The first-order valence-corrected chi connectivity index (χ1v) is 6.72. The fourth-order valence-electron chi connectivity index (χ4n) is 2.58. The van der Waals surface area contributed by atoms with E-state index in [1.807, 2.05) is 36.1 Å². The van der Waals surface area contributed by atoms with Crippen molar-refractivity contribution >= 4 is 5.97 Å². The van der Waals surface area contributed by atoms with Crippen LogP contribution in [0.15, 0.2) is 24.3 Å². The van der Waals surface area contributed by atoms with Gasteiger partial charge in [-0.15, -0.1) is 0 Å². The molecule has 1 aromatic rings. The summed E-state index contributed by atoms with van der Waals surface area (Å²) in [7, 11) is 1.42. The number of hydrogen-bond donors (Lipinski definition) is 2. The molecule has 1 aromatic carbocycles. The summed E-state index contributed by atoms with van der Waals surface area (Å²) in [4.78, 5) is 13.2. The van der Waals surface area contributed by atoms with Crippen molar-refractivity contribution in [1.82, 2.24) is 4.90 Å². The van der Waals surface area contributed by atoms with Crippen molar-refractivity contribution in [2.24, 2.45) is 0 Å². The van der Waals surface area contributed by atoms with E-state index in [2.05, 4.69) is 0 Å². The zero-order valence-corrected chi connectivity index (χ0v) is 11.9. The minimum absolute atomic E-state index is 0.307. The molecular weight excluding hydrogens is 258 g/mol. The van der Waals surface area contributed by atoms with Gasteiger partial charge in [-0.25, -0.2) is 4.79 Å². The first kappa shape index (κ1) is 15.0. The third-order valence-electron chi connectivity index (χ3n) is 3.98. The molecule has 0 spiro atoms. The number of methoxy groups -OCH3 is 1. The summed E-state index contributed by atoms with van der Waals surface area (Å²) in [6, 6.07) is 7.71. The van der Waals surface area contributed by atoms with Crippen molar-refractivity contribution in [2.45, 2.75) is 25.0 Å². The standard InChI is InChI=1S/C15H21NO4/c1-11-3-5-12(6-4-11)13(17)9-16-8-7-15(10-16,20-2)14(18)19/h3-6,13,17H,7-10H2,1-2H3,(H,18,19). The summed E-state index contributed by atoms with van der Waals surface area (Å²) in [6.45, 7) is 3.34. The highest BCUT2D eigenvalue weighted by Gasteiger charge is 2.45. The molecule has 1 aliphatic rings. The second kappa shape index (κ2) is 5.91. The summed E-state index contributed by atoms with van der Waals surface area (Å²) >= 11 is 0. The molecule has 0 radical (unpaired) electrons. The summed E-state index contributed by atoms with van der Waals surface area (Å²) < 4.78 is 5.17. The molecule has 1 heterocycles. The number of benzene rings is 1. The Kier molecular flexibility index (Phi) is 4.42. The third kappa shape index (κ3) is 3.00. The van der Waals surface area contributed by atoms with Crippen LogP contribution in [0.5, 0.6) is 0 Å². The molecule has 0 bridgehead atoms. The molecular formula is C15H21NO4. The van der Waals surface area contributed by atoms with Gasteiger partial charge in [-0.05, 0) is 12.5 Å². The fourth-order valence-corrected chi connectivity index (χ4v) is 2.58. The lowest BCUT2D eigenvalue weighted by Gasteiger charge is -2.24. The number of aryl methyl sites for hydroxylation is 1. The van der Waals surface area contributed by atoms with Crippen molar-refractivity contribution < 1.29 is 19.7 Å². The maximum Gasteiger partial charge on any atom is 0.337 e. The van der Waals surface area contributed by atoms with Gasteiger partial charge in [0.05, 0.1) is 6.10 Å². The second-order valence-electron chi connectivity index (χ2n) is 5.42. The molecule has 0 aromatic heterocycles. The first-order valence-electron chi connectivity index (χ1n) is 6.72. The number of carboxylic acids is 1. The number of carbonyl (C=O) groups is 1. The van der Waals surface area contributed by atoms with E-state index in [1.165, 1.54) is 7.11 Å². The van der Waals surface area contributed by atoms with Crippen LogP contribution in [-0.4, -0.2) is 53.4 Å². The molecule has 0 saturated carbocycles. The largest absolute Gasteiger partial charge is 0.479 e. The van der Waals surface area contributed by atoms with Gasteiger partial charge in [0.15, 0.2) is 5.60 Å². The van der Waals surface area contributed by atoms with Gasteiger partial charge in [-0.2, -0.15) is 0 Å². The molecule has 5 nitrogen and oxygen atoms in total. The number of carboxylic acid groups (broad SMARTS) is 1. The van der Waals surface area contributed by atoms with Crippen molar-refractivity contribution in [3.63, 3.8) is 0 Å². The summed E-state index contributed by atoms with van der Waals surface area (Å²) in [5, 5.41) is 19.5. The molecule has 1 aliphatic heterocycles. The lowest BCUT2D eigenvalue weighted by Crippen LogP contribution is -2.43. The predicted octanol–water partition coefficient (Wildman–Crippen LogP) is 1.20. The van der Waals surface area contributed by atoms with E-state index < -0.39 is 17.7 Å². The highest BCUT2D eigenvalue weighted by Crippen LogP contribution is 2.27. The van der Waals surface area contributed by atoms with Crippen LogP contribution >= 0.6 is 0 Å². The number of likely N-dealkylation sites (tertiary alicyclic amines) is 1. The average molecular weight is 279 g/mol. The molecule has 20 heavy (non-hydrogen) atoms. The predicted molar refractivity (Wildman–Crippen MR) is 74.6 cm³/mol. The van der Waals surface area contributed by atoms with Crippen LogP contribution < -0.4 is 0 Å². The SMILES string of the molecule is COC1(C(=O)O)CCN(CC(O)c2ccc(C)cc2)C1. The molecule has 2 unspecified atom stereocenters. The van der Waals surface area contributed by atoms with Gasteiger partial charge in [0, 0.05) is 33.2 Å². The van der Waals surface area contributed by atoms with Crippen LogP contribution in [-0.2, 0) is 9.53 Å². The van der Waals surface area contributed by atoms with E-state index >= 15 is 0 Å². The number of ether oxygens (including phenoxy) is 1. The fraction of sp³-hybridized carbons (Fsp3) is 0.533. The van der Waals surface area contributed by atoms with Gasteiger partial charge in [0.25, 0.3) is 0 Å². The summed E-state index contributed by atoms with van der Waals surface area (Å²) in [5.74, 6) is -0.938. The first-order chi connectivity index (χ1) is 9.47. The van der Waals surface area contributed by atoms with Gasteiger partial charge >= 0.3 is 5.97 Å². The topological polar surface area (TPSA) is 70.0 Å². The maximum absolute atomic E-state index is 11.3. The Morgan fingerprint density at radius 1 is 1.45 bits per heavy atom. The van der Waals surface area contributed by atoms with Crippen molar-refractivity contribution in [3.8, 4) is 0 Å². The normalized spacial score (nSPS) is 24.8. The zero-order valence-electron chi connectivity index (χ0n) is 11.9. The van der Waals surface area contributed by atoms with Crippen molar-refractivity contribution in [1.29, 1.82) is 0 Å². The van der Waals surface area contributed by atoms with Crippen LogP contribution in [0.3, 0.4) is 0 Å². The summed E-state index contributed by atoms with van der Waals surface area (Å²) in [5.41, 5.74) is 0.861. The quantitative estimate of drug-likeness (QED) is 0.847. The van der Waals surface area contributed by atoms with Crippen LogP contribution in [0.4, 0.5) is 0 Å². The Hall–Kier alpha value is -1.43. The number of aliphatic hydroxyl groups excluding tert-OH is 1. The summed E-state index contributed by atoms with van der Waals surface area (Å²) in [6.07, 6.45) is -0.170. The molecule has 1 fully saturated rings. The number of rotatable bonds is 5. The molecule has 5 heteroatoms. The van der Waals surface area contributed by atoms with Crippen LogP contribution in [0.2, 0.25) is 0 Å². The smallest absolute Gasteiger partial charge is 0.337 e. The Morgan fingerprint density at radius 3 is 2.60 bits per heavy atom. The van der Waals surface area contributed by atoms with Crippen LogP contribution in [0.25, 0.3) is 0 Å². The van der Waals surface area contributed by atoms with Gasteiger partial charge in [-0.1, -0.05) is 29.8 Å². The molecule has 0 aliphatic carbocycles. The molecule has 1 saturated heterocycles. The number of aliphatic hydroxyl groups is 1. The Morgan fingerprint density at radius 2 is 2.10 bits per heavy atom. The number of aliphatic carboxylic acids is 1. The van der Waals surface area contributed by atoms with Gasteiger partial charge in [0.2, 0.25) is 0 Å². The molecule has 2 rings (SSSR count). The highest BCUT2D eigenvalue weighted by atomic mass is 16.5. The molecule has 2 N–H and O–H groups in total. The van der Waals surface area contributed by atoms with E-state index in [-0.39, 0.29) is 0 Å². The van der Waals surface area contributed by atoms with Gasteiger partial charge in [-0.3, -0.25) is 4.90 Å².